The zero-order valence-corrected chi connectivity index (χ0v) is 14.9. The summed E-state index contributed by atoms with van der Waals surface area (Å²) in [6, 6.07) is 5.64. The summed E-state index contributed by atoms with van der Waals surface area (Å²) in [6.07, 6.45) is 2.35. The Balaban J connectivity index is 1.57. The van der Waals surface area contributed by atoms with Crippen LogP contribution in [-0.4, -0.2) is 48.8 Å². The predicted octanol–water partition coefficient (Wildman–Crippen LogP) is 1.16. The molecule has 0 bridgehead atoms. The molecule has 0 aliphatic carbocycles. The SMILES string of the molecule is Cc1cc(C)cc(C(=O)NCC(=O)N2CCC[C@@]3(CNC(=O)C3)C2)c1. The Kier molecular flexibility index (Phi) is 4.79. The molecule has 6 heteroatoms. The van der Waals surface area contributed by atoms with Crippen LogP contribution in [0.3, 0.4) is 0 Å². The number of aryl methyl sites for hydroxylation is 2. The van der Waals surface area contributed by atoms with Gasteiger partial charge in [-0.3, -0.25) is 14.4 Å². The smallest absolute Gasteiger partial charge is 0.251 e. The van der Waals surface area contributed by atoms with Crippen LogP contribution >= 0.6 is 0 Å². The van der Waals surface area contributed by atoms with Crippen molar-refractivity contribution < 1.29 is 14.4 Å². The van der Waals surface area contributed by atoms with Gasteiger partial charge >= 0.3 is 0 Å². The number of benzene rings is 1. The Bertz CT molecular complexity index is 696. The van der Waals surface area contributed by atoms with Crippen molar-refractivity contribution in [3.05, 3.63) is 34.9 Å². The standard InChI is InChI=1S/C19H25N3O3/c1-13-6-14(2)8-15(7-13)18(25)20-10-17(24)22-5-3-4-19(12-22)9-16(23)21-11-19/h6-8H,3-5,9-12H2,1-2H3,(H,20,25)(H,21,23)/t19-/m1/s1. The Morgan fingerprint density at radius 1 is 1.24 bits per heavy atom. The van der Waals surface area contributed by atoms with Crippen LogP contribution in [0.25, 0.3) is 0 Å². The van der Waals surface area contributed by atoms with Crippen LogP contribution in [0.2, 0.25) is 0 Å². The van der Waals surface area contributed by atoms with Crippen LogP contribution in [-0.2, 0) is 9.59 Å². The summed E-state index contributed by atoms with van der Waals surface area (Å²) in [5, 5.41) is 5.60. The molecule has 1 spiro atoms. The van der Waals surface area contributed by atoms with Gasteiger partial charge in [-0.1, -0.05) is 17.2 Å². The average molecular weight is 343 g/mol. The van der Waals surface area contributed by atoms with E-state index >= 15 is 0 Å². The average Bonchev–Trinajstić information content (AvgIpc) is 2.91. The van der Waals surface area contributed by atoms with E-state index in [1.165, 1.54) is 0 Å². The molecule has 2 aliphatic heterocycles. The van der Waals surface area contributed by atoms with Crippen LogP contribution in [0.1, 0.15) is 40.7 Å². The molecular weight excluding hydrogens is 318 g/mol. The van der Waals surface area contributed by atoms with E-state index in [1.54, 1.807) is 4.90 Å². The maximum absolute atomic E-state index is 12.5. The second kappa shape index (κ2) is 6.86. The molecule has 3 rings (SSSR count). The first kappa shape index (κ1) is 17.5. The monoisotopic (exact) mass is 343 g/mol. The first-order chi connectivity index (χ1) is 11.9. The highest BCUT2D eigenvalue weighted by atomic mass is 16.2. The van der Waals surface area contributed by atoms with Gasteiger partial charge in [0.15, 0.2) is 0 Å². The molecule has 2 aliphatic rings. The molecule has 134 valence electrons. The maximum atomic E-state index is 12.5. The number of rotatable bonds is 3. The van der Waals surface area contributed by atoms with Crippen LogP contribution < -0.4 is 10.6 Å². The lowest BCUT2D eigenvalue weighted by atomic mass is 9.79. The number of hydrogen-bond donors (Lipinski definition) is 2. The lowest BCUT2D eigenvalue weighted by Crippen LogP contribution is -2.50. The summed E-state index contributed by atoms with van der Waals surface area (Å²) < 4.78 is 0. The Morgan fingerprint density at radius 3 is 2.60 bits per heavy atom. The first-order valence-electron chi connectivity index (χ1n) is 8.78. The van der Waals surface area contributed by atoms with Crippen molar-refractivity contribution in [2.75, 3.05) is 26.2 Å². The van der Waals surface area contributed by atoms with E-state index in [0.717, 1.165) is 24.0 Å². The molecule has 2 N–H and O–H groups in total. The fourth-order valence-corrected chi connectivity index (χ4v) is 3.94. The predicted molar refractivity (Wildman–Crippen MR) is 94.1 cm³/mol. The third-order valence-electron chi connectivity index (χ3n) is 5.09. The second-order valence-electron chi connectivity index (χ2n) is 7.43. The van der Waals surface area contributed by atoms with Crippen LogP contribution in [0, 0.1) is 19.3 Å². The van der Waals surface area contributed by atoms with Gasteiger partial charge in [0.05, 0.1) is 6.54 Å². The molecule has 0 unspecified atom stereocenters. The number of carbonyl (C=O) groups is 3. The van der Waals surface area contributed by atoms with Gasteiger partial charge in [-0.15, -0.1) is 0 Å². The lowest BCUT2D eigenvalue weighted by Gasteiger charge is -2.39. The molecule has 0 saturated carbocycles. The highest BCUT2D eigenvalue weighted by Crippen LogP contribution is 2.35. The van der Waals surface area contributed by atoms with Crippen molar-refractivity contribution in [1.29, 1.82) is 0 Å². The summed E-state index contributed by atoms with van der Waals surface area (Å²) in [5.74, 6) is -0.252. The minimum Gasteiger partial charge on any atom is -0.355 e. The minimum atomic E-state index is -0.232. The van der Waals surface area contributed by atoms with Gasteiger partial charge in [-0.25, -0.2) is 0 Å². The summed E-state index contributed by atoms with van der Waals surface area (Å²) in [6.45, 7) is 5.80. The molecule has 25 heavy (non-hydrogen) atoms. The number of piperidine rings is 1. The number of nitrogens with zero attached hydrogens (tertiary/aromatic N) is 1. The van der Waals surface area contributed by atoms with E-state index in [4.69, 9.17) is 0 Å². The van der Waals surface area contributed by atoms with Crippen molar-refractivity contribution in [3.8, 4) is 0 Å². The van der Waals surface area contributed by atoms with Gasteiger partial charge in [0.2, 0.25) is 11.8 Å². The molecule has 0 aromatic heterocycles. The van der Waals surface area contributed by atoms with Crippen LogP contribution in [0.4, 0.5) is 0 Å². The van der Waals surface area contributed by atoms with Crippen molar-refractivity contribution >= 4 is 17.7 Å². The van der Waals surface area contributed by atoms with Crippen LogP contribution in [0.15, 0.2) is 18.2 Å². The fraction of sp³-hybridized carbons (Fsp3) is 0.526. The third kappa shape index (κ3) is 4.00. The minimum absolute atomic E-state index is 0.0106. The van der Waals surface area contributed by atoms with E-state index in [-0.39, 0.29) is 29.7 Å². The molecule has 1 aromatic rings. The third-order valence-corrected chi connectivity index (χ3v) is 5.09. The van der Waals surface area contributed by atoms with E-state index in [9.17, 15) is 14.4 Å². The molecule has 0 radical (unpaired) electrons. The molecule has 6 nitrogen and oxygen atoms in total. The number of carbonyl (C=O) groups excluding carboxylic acids is 3. The summed E-state index contributed by atoms with van der Waals surface area (Å²) in [7, 11) is 0. The zero-order valence-electron chi connectivity index (χ0n) is 14.9. The normalized spacial score (nSPS) is 22.8. The second-order valence-corrected chi connectivity index (χ2v) is 7.43. The van der Waals surface area contributed by atoms with Crippen molar-refractivity contribution in [1.82, 2.24) is 15.5 Å². The first-order valence-corrected chi connectivity index (χ1v) is 8.78. The number of likely N-dealkylation sites (tertiary alicyclic amines) is 1. The van der Waals surface area contributed by atoms with Gasteiger partial charge in [0, 0.05) is 37.0 Å². The van der Waals surface area contributed by atoms with Crippen LogP contribution in [0.5, 0.6) is 0 Å². The topological polar surface area (TPSA) is 78.5 Å². The number of nitrogens with one attached hydrogen (secondary N) is 2. The highest BCUT2D eigenvalue weighted by Gasteiger charge is 2.42. The van der Waals surface area contributed by atoms with Crippen molar-refractivity contribution in [3.63, 3.8) is 0 Å². The largest absolute Gasteiger partial charge is 0.355 e. The van der Waals surface area contributed by atoms with E-state index in [0.29, 0.717) is 31.6 Å². The van der Waals surface area contributed by atoms with Gasteiger partial charge < -0.3 is 15.5 Å². The highest BCUT2D eigenvalue weighted by molar-refractivity contribution is 5.96. The molecule has 3 amide bonds. The summed E-state index contributed by atoms with van der Waals surface area (Å²) in [4.78, 5) is 38.1. The number of hydrogen-bond acceptors (Lipinski definition) is 3. The lowest BCUT2D eigenvalue weighted by molar-refractivity contribution is -0.134. The van der Waals surface area contributed by atoms with Crippen molar-refractivity contribution in [2.45, 2.75) is 33.1 Å². The summed E-state index contributed by atoms with van der Waals surface area (Å²) in [5.41, 5.74) is 2.49. The molecule has 1 aromatic carbocycles. The van der Waals surface area contributed by atoms with E-state index in [2.05, 4.69) is 10.6 Å². The van der Waals surface area contributed by atoms with E-state index in [1.807, 2.05) is 32.0 Å². The quantitative estimate of drug-likeness (QED) is 0.864. The number of amides is 3. The zero-order chi connectivity index (χ0) is 18.0. The van der Waals surface area contributed by atoms with Gasteiger partial charge in [0.25, 0.3) is 5.91 Å². The summed E-state index contributed by atoms with van der Waals surface area (Å²) >= 11 is 0. The van der Waals surface area contributed by atoms with E-state index < -0.39 is 0 Å². The Hall–Kier alpha value is -2.37. The molecule has 1 atom stereocenters. The van der Waals surface area contributed by atoms with Crippen molar-refractivity contribution in [2.24, 2.45) is 5.41 Å². The van der Waals surface area contributed by atoms with Gasteiger partial charge in [-0.2, -0.15) is 0 Å². The molecule has 2 fully saturated rings. The molecule has 2 heterocycles. The van der Waals surface area contributed by atoms with Gasteiger partial charge in [-0.05, 0) is 38.8 Å². The Labute approximate surface area is 148 Å². The molecule has 2 saturated heterocycles. The molecular formula is C19H25N3O3. The van der Waals surface area contributed by atoms with Gasteiger partial charge in [0.1, 0.15) is 0 Å². The fourth-order valence-electron chi connectivity index (χ4n) is 3.94. The maximum Gasteiger partial charge on any atom is 0.251 e. The Morgan fingerprint density at radius 2 is 1.96 bits per heavy atom.